The number of rotatable bonds is 7. The third-order valence-corrected chi connectivity index (χ3v) is 8.63. The number of nitrogens with zero attached hydrogens (tertiary/aromatic N) is 3. The Morgan fingerprint density at radius 3 is 2.56 bits per heavy atom. The third-order valence-electron chi connectivity index (χ3n) is 7.58. The van der Waals surface area contributed by atoms with E-state index in [4.69, 9.17) is 4.98 Å². The molecule has 36 heavy (non-hydrogen) atoms. The van der Waals surface area contributed by atoms with Crippen LogP contribution in [-0.2, 0) is 12.3 Å². The number of pyridine rings is 1. The highest BCUT2D eigenvalue weighted by atomic mass is 32.2. The van der Waals surface area contributed by atoms with Gasteiger partial charge in [-0.3, -0.25) is 9.78 Å². The van der Waals surface area contributed by atoms with Crippen LogP contribution in [0.3, 0.4) is 0 Å². The van der Waals surface area contributed by atoms with E-state index in [9.17, 15) is 4.79 Å². The third kappa shape index (κ3) is 5.49. The van der Waals surface area contributed by atoms with Crippen LogP contribution < -0.4 is 5.32 Å². The van der Waals surface area contributed by atoms with Gasteiger partial charge in [-0.2, -0.15) is 0 Å². The van der Waals surface area contributed by atoms with Crippen molar-refractivity contribution in [2.45, 2.75) is 63.5 Å². The Morgan fingerprint density at radius 2 is 1.78 bits per heavy atom. The van der Waals surface area contributed by atoms with E-state index in [0.29, 0.717) is 18.4 Å². The summed E-state index contributed by atoms with van der Waals surface area (Å²) in [6.45, 7) is 7.34. The van der Waals surface area contributed by atoms with Crippen LogP contribution in [0.25, 0.3) is 11.0 Å². The minimum atomic E-state index is 0.0270. The molecule has 186 valence electrons. The van der Waals surface area contributed by atoms with Crippen LogP contribution in [0.4, 0.5) is 0 Å². The first-order valence-electron chi connectivity index (χ1n) is 12.9. The van der Waals surface area contributed by atoms with E-state index in [1.807, 2.05) is 24.4 Å². The molecule has 2 aromatic carbocycles. The first-order chi connectivity index (χ1) is 17.5. The maximum Gasteiger partial charge on any atom is 0.251 e. The summed E-state index contributed by atoms with van der Waals surface area (Å²) < 4.78 is 2.22. The Bertz CT molecular complexity index is 1330. The number of aromatic nitrogens is 3. The maximum absolute atomic E-state index is 12.9. The minimum Gasteiger partial charge on any atom is -0.349 e. The zero-order chi connectivity index (χ0) is 25.1. The number of thioether (sulfide) groups is 1. The highest BCUT2D eigenvalue weighted by Gasteiger charge is 2.28. The average Bonchev–Trinajstić information content (AvgIpc) is 3.24. The van der Waals surface area contributed by atoms with Crippen molar-refractivity contribution in [3.05, 3.63) is 89.2 Å². The minimum absolute atomic E-state index is 0.0270. The van der Waals surface area contributed by atoms with Gasteiger partial charge >= 0.3 is 0 Å². The van der Waals surface area contributed by atoms with Crippen molar-refractivity contribution < 1.29 is 4.79 Å². The summed E-state index contributed by atoms with van der Waals surface area (Å²) in [4.78, 5) is 22.2. The van der Waals surface area contributed by atoms with Gasteiger partial charge in [0.2, 0.25) is 0 Å². The van der Waals surface area contributed by atoms with E-state index >= 15 is 0 Å². The molecule has 0 aliphatic heterocycles. The summed E-state index contributed by atoms with van der Waals surface area (Å²) in [5.74, 6) is 2.05. The number of aryl methyl sites for hydroxylation is 1. The monoisotopic (exact) mass is 498 g/mol. The first kappa shape index (κ1) is 24.6. The summed E-state index contributed by atoms with van der Waals surface area (Å²) in [6, 6.07) is 18.9. The second-order valence-corrected chi connectivity index (χ2v) is 11.1. The van der Waals surface area contributed by atoms with Gasteiger partial charge in [0.25, 0.3) is 5.91 Å². The molecule has 0 radical (unpaired) electrons. The molecule has 1 saturated carbocycles. The smallest absolute Gasteiger partial charge is 0.251 e. The largest absolute Gasteiger partial charge is 0.349 e. The van der Waals surface area contributed by atoms with Crippen LogP contribution in [0, 0.1) is 18.8 Å². The molecule has 1 aliphatic carbocycles. The molecule has 1 aliphatic rings. The van der Waals surface area contributed by atoms with Crippen LogP contribution in [0.1, 0.15) is 60.2 Å². The van der Waals surface area contributed by atoms with Gasteiger partial charge < -0.3 is 9.88 Å². The fourth-order valence-corrected chi connectivity index (χ4v) is 5.99. The zero-order valence-corrected chi connectivity index (χ0v) is 22.1. The second kappa shape index (κ2) is 10.9. The number of amides is 1. The van der Waals surface area contributed by atoms with Crippen molar-refractivity contribution >= 4 is 28.7 Å². The first-order valence-corrected chi connectivity index (χ1v) is 13.8. The van der Waals surface area contributed by atoms with Crippen LogP contribution in [-0.4, -0.2) is 26.5 Å². The lowest BCUT2D eigenvalue weighted by molar-refractivity contribution is 0.0891. The Labute approximate surface area is 217 Å². The van der Waals surface area contributed by atoms with Gasteiger partial charge in [-0.25, -0.2) is 4.98 Å². The van der Waals surface area contributed by atoms with Crippen molar-refractivity contribution in [2.75, 3.05) is 0 Å². The Kier molecular flexibility index (Phi) is 7.42. The molecule has 2 aromatic heterocycles. The van der Waals surface area contributed by atoms with Gasteiger partial charge in [-0.1, -0.05) is 80.4 Å². The lowest BCUT2D eigenvalue weighted by Crippen LogP contribution is -2.43. The zero-order valence-electron chi connectivity index (χ0n) is 21.3. The molecule has 3 atom stereocenters. The van der Waals surface area contributed by atoms with Gasteiger partial charge in [0.05, 0.1) is 23.8 Å². The normalized spacial score (nSPS) is 19.9. The van der Waals surface area contributed by atoms with Crippen LogP contribution >= 0.6 is 11.8 Å². The van der Waals surface area contributed by atoms with E-state index < -0.39 is 0 Å². The number of hydrogen-bond donors (Lipinski definition) is 1. The number of hydrogen-bond acceptors (Lipinski definition) is 4. The van der Waals surface area contributed by atoms with Gasteiger partial charge in [-0.15, -0.1) is 0 Å². The molecule has 5 rings (SSSR count). The number of nitrogens with one attached hydrogen (secondary N) is 1. The maximum atomic E-state index is 12.9. The molecular formula is C30H34N4OS. The van der Waals surface area contributed by atoms with Crippen LogP contribution in [0.2, 0.25) is 0 Å². The SMILES string of the molecule is Cc1ccc(CSc2nc3ccncc3n2Cc2ccc(C(=O)N[C@@H]3CCC[C@@H](C)[C@@H]3C)cc2)cc1. The van der Waals surface area contributed by atoms with E-state index in [-0.39, 0.29) is 11.9 Å². The summed E-state index contributed by atoms with van der Waals surface area (Å²) in [7, 11) is 0. The molecule has 0 saturated heterocycles. The quantitative estimate of drug-likeness (QED) is 0.290. The number of carbonyl (C=O) groups is 1. The van der Waals surface area contributed by atoms with Crippen molar-refractivity contribution in [3.8, 4) is 0 Å². The second-order valence-electron chi connectivity index (χ2n) is 10.2. The summed E-state index contributed by atoms with van der Waals surface area (Å²) in [5.41, 5.74) is 6.36. The van der Waals surface area contributed by atoms with Crippen molar-refractivity contribution in [3.63, 3.8) is 0 Å². The molecule has 2 heterocycles. The molecule has 1 N–H and O–H groups in total. The van der Waals surface area contributed by atoms with Crippen LogP contribution in [0.5, 0.6) is 0 Å². The fourth-order valence-electron chi connectivity index (χ4n) is 5.02. The molecule has 0 spiro atoms. The Balaban J connectivity index is 1.31. The lowest BCUT2D eigenvalue weighted by Gasteiger charge is -2.34. The number of carbonyl (C=O) groups excluding carboxylic acids is 1. The van der Waals surface area contributed by atoms with Crippen molar-refractivity contribution in [1.82, 2.24) is 19.9 Å². The summed E-state index contributed by atoms with van der Waals surface area (Å²) in [5, 5.41) is 4.26. The molecule has 1 fully saturated rings. The van der Waals surface area contributed by atoms with Gasteiger partial charge in [-0.05, 0) is 54.5 Å². The van der Waals surface area contributed by atoms with E-state index in [0.717, 1.165) is 39.5 Å². The fraction of sp³-hybridized carbons (Fsp3) is 0.367. The van der Waals surface area contributed by atoms with Crippen molar-refractivity contribution in [1.29, 1.82) is 0 Å². The van der Waals surface area contributed by atoms with E-state index in [2.05, 4.69) is 72.0 Å². The topological polar surface area (TPSA) is 59.8 Å². The summed E-state index contributed by atoms with van der Waals surface area (Å²) >= 11 is 1.74. The lowest BCUT2D eigenvalue weighted by atomic mass is 9.78. The van der Waals surface area contributed by atoms with Crippen LogP contribution in [0.15, 0.2) is 72.1 Å². The Hall–Kier alpha value is -3.12. The van der Waals surface area contributed by atoms with Gasteiger partial charge in [0.15, 0.2) is 5.16 Å². The van der Waals surface area contributed by atoms with Crippen molar-refractivity contribution in [2.24, 2.45) is 11.8 Å². The Morgan fingerprint density at radius 1 is 1.03 bits per heavy atom. The van der Waals surface area contributed by atoms with Gasteiger partial charge in [0.1, 0.15) is 0 Å². The number of benzene rings is 2. The molecular weight excluding hydrogens is 464 g/mol. The average molecular weight is 499 g/mol. The van der Waals surface area contributed by atoms with Gasteiger partial charge in [0, 0.05) is 23.6 Å². The summed E-state index contributed by atoms with van der Waals surface area (Å²) in [6.07, 6.45) is 7.18. The molecule has 5 nitrogen and oxygen atoms in total. The number of fused-ring (bicyclic) bond motifs is 1. The predicted octanol–water partition coefficient (Wildman–Crippen LogP) is 6.63. The number of imidazole rings is 1. The molecule has 0 bridgehead atoms. The molecule has 1 amide bonds. The standard InChI is InChI=1S/C30H34N4OS/c1-20-7-9-24(10-8-20)19-36-30-33-27-15-16-31-17-28(27)34(30)18-23-11-13-25(14-12-23)29(35)32-26-6-4-5-21(2)22(26)3/h7-17,21-22,26H,4-6,18-19H2,1-3H3,(H,32,35)/t21-,22+,26-/m1/s1. The molecule has 0 unspecified atom stereocenters. The predicted molar refractivity (Wildman–Crippen MR) is 147 cm³/mol. The van der Waals surface area contributed by atoms with E-state index in [1.165, 1.54) is 24.0 Å². The highest BCUT2D eigenvalue weighted by molar-refractivity contribution is 7.98. The van der Waals surface area contributed by atoms with E-state index in [1.54, 1.807) is 18.0 Å². The molecule has 4 aromatic rings. The highest BCUT2D eigenvalue weighted by Crippen LogP contribution is 2.30. The molecule has 6 heteroatoms.